The number of nitrogens with one attached hydrogen (secondary N) is 1. The van der Waals surface area contributed by atoms with Crippen LogP contribution in [0, 0.1) is 5.82 Å². The van der Waals surface area contributed by atoms with Gasteiger partial charge < -0.3 is 14.7 Å². The Kier molecular flexibility index (Phi) is 6.13. The van der Waals surface area contributed by atoms with E-state index in [1.165, 1.54) is 12.1 Å². The number of benzene rings is 3. The summed E-state index contributed by atoms with van der Waals surface area (Å²) in [5, 5.41) is 8.82. The molecule has 5 rings (SSSR count). The quantitative estimate of drug-likeness (QED) is 0.327. The van der Waals surface area contributed by atoms with Crippen molar-refractivity contribution in [2.75, 3.05) is 0 Å². The fraction of sp³-hybridized carbons (Fsp3) is 0.115. The topological polar surface area (TPSA) is 54.2 Å². The lowest BCUT2D eigenvalue weighted by molar-refractivity contribution is 0.396. The molecule has 0 fully saturated rings. The Hall–Kier alpha value is -3.55. The summed E-state index contributed by atoms with van der Waals surface area (Å²) in [6, 6.07) is 23.3. The van der Waals surface area contributed by atoms with Crippen molar-refractivity contribution in [3.8, 4) is 11.4 Å². The third-order valence-electron chi connectivity index (χ3n) is 5.74. The molecule has 170 valence electrons. The number of thiocarbonyl (C=S) groups is 1. The summed E-state index contributed by atoms with van der Waals surface area (Å²) in [5.41, 5.74) is 4.43. The van der Waals surface area contributed by atoms with Crippen LogP contribution in [0.4, 0.5) is 4.39 Å². The number of aromatic nitrogens is 2. The maximum Gasteiger partial charge on any atom is 0.258 e. The highest BCUT2D eigenvalue weighted by Gasteiger charge is 2.34. The van der Waals surface area contributed by atoms with Crippen molar-refractivity contribution in [2.24, 2.45) is 0 Å². The normalized spacial score (nSPS) is 16.0. The van der Waals surface area contributed by atoms with E-state index in [0.717, 1.165) is 28.0 Å². The molecule has 0 aliphatic carbocycles. The van der Waals surface area contributed by atoms with E-state index in [-0.39, 0.29) is 11.9 Å². The molecule has 1 aliphatic heterocycles. The van der Waals surface area contributed by atoms with Crippen LogP contribution in [0.1, 0.15) is 30.0 Å². The highest BCUT2D eigenvalue weighted by atomic mass is 35.5. The van der Waals surface area contributed by atoms with Gasteiger partial charge in [-0.3, -0.25) is 0 Å². The number of hydrogen-bond acceptors (Lipinski definition) is 4. The molecule has 0 spiro atoms. The summed E-state index contributed by atoms with van der Waals surface area (Å²) in [6.45, 7) is 2.44. The van der Waals surface area contributed by atoms with Crippen LogP contribution in [0.3, 0.4) is 0 Å². The van der Waals surface area contributed by atoms with E-state index in [4.69, 9.17) is 33.3 Å². The average molecular weight is 491 g/mol. The monoisotopic (exact) mass is 490 g/mol. The lowest BCUT2D eigenvalue weighted by Gasteiger charge is -2.37. The summed E-state index contributed by atoms with van der Waals surface area (Å²) in [6.07, 6.45) is 0. The first-order chi connectivity index (χ1) is 16.5. The standard InChI is InChI=1S/C26H20ClFN4OS/c1-16-22(25-30-24(31-33-25)19-5-3-2-4-6-19)23(18-9-11-20(27)12-10-18)29-26(34)32(16)15-17-7-13-21(28)14-8-17/h2-14,23H,15H2,1H3,(H,29,34). The van der Waals surface area contributed by atoms with E-state index < -0.39 is 0 Å². The van der Waals surface area contributed by atoms with Gasteiger partial charge in [-0.15, -0.1) is 0 Å². The molecule has 4 aromatic rings. The van der Waals surface area contributed by atoms with Crippen molar-refractivity contribution in [1.82, 2.24) is 20.4 Å². The minimum atomic E-state index is -0.307. The molecule has 0 radical (unpaired) electrons. The highest BCUT2D eigenvalue weighted by molar-refractivity contribution is 7.80. The Bertz CT molecular complexity index is 1350. The van der Waals surface area contributed by atoms with Crippen LogP contribution in [0.5, 0.6) is 0 Å². The molecule has 5 nitrogen and oxygen atoms in total. The fourth-order valence-corrected chi connectivity index (χ4v) is 4.41. The minimum absolute atomic E-state index is 0.279. The third-order valence-corrected chi connectivity index (χ3v) is 6.33. The van der Waals surface area contributed by atoms with Gasteiger partial charge in [0.05, 0.1) is 11.6 Å². The zero-order valence-corrected chi connectivity index (χ0v) is 19.8. The molecule has 0 amide bonds. The van der Waals surface area contributed by atoms with Crippen molar-refractivity contribution < 1.29 is 8.91 Å². The summed E-state index contributed by atoms with van der Waals surface area (Å²) in [7, 11) is 0. The Balaban J connectivity index is 1.59. The molecule has 1 aromatic heterocycles. The second-order valence-corrected chi connectivity index (χ2v) is 8.76. The van der Waals surface area contributed by atoms with Gasteiger partial charge in [0.2, 0.25) is 5.82 Å². The predicted octanol–water partition coefficient (Wildman–Crippen LogP) is 6.39. The zero-order valence-electron chi connectivity index (χ0n) is 18.2. The van der Waals surface area contributed by atoms with E-state index in [1.807, 2.05) is 66.4 Å². The fourth-order valence-electron chi connectivity index (χ4n) is 3.96. The molecule has 0 saturated heterocycles. The van der Waals surface area contributed by atoms with E-state index in [9.17, 15) is 4.39 Å². The molecule has 34 heavy (non-hydrogen) atoms. The van der Waals surface area contributed by atoms with Crippen molar-refractivity contribution in [3.63, 3.8) is 0 Å². The Morgan fingerprint density at radius 1 is 1.03 bits per heavy atom. The molecule has 3 aromatic carbocycles. The first-order valence-electron chi connectivity index (χ1n) is 10.7. The molecule has 1 aliphatic rings. The van der Waals surface area contributed by atoms with E-state index in [0.29, 0.717) is 28.4 Å². The van der Waals surface area contributed by atoms with Gasteiger partial charge in [-0.05, 0) is 54.5 Å². The molecular weight excluding hydrogens is 471 g/mol. The van der Waals surface area contributed by atoms with Gasteiger partial charge in [-0.1, -0.05) is 71.4 Å². The highest BCUT2D eigenvalue weighted by Crippen LogP contribution is 2.38. The molecular formula is C26H20ClFN4OS. The molecule has 1 atom stereocenters. The molecule has 1 N–H and O–H groups in total. The van der Waals surface area contributed by atoms with Gasteiger partial charge in [0.1, 0.15) is 5.82 Å². The Labute approximate surface area is 206 Å². The number of nitrogens with zero attached hydrogens (tertiary/aromatic N) is 3. The second-order valence-electron chi connectivity index (χ2n) is 7.93. The smallest absolute Gasteiger partial charge is 0.258 e. The maximum absolute atomic E-state index is 13.4. The summed E-state index contributed by atoms with van der Waals surface area (Å²) in [5.74, 6) is 0.623. The number of halogens is 2. The first kappa shape index (κ1) is 22.3. The van der Waals surface area contributed by atoms with Crippen molar-refractivity contribution in [2.45, 2.75) is 19.5 Å². The van der Waals surface area contributed by atoms with Gasteiger partial charge in [-0.25, -0.2) is 4.39 Å². The van der Waals surface area contributed by atoms with Crippen LogP contribution >= 0.6 is 23.8 Å². The Morgan fingerprint density at radius 2 is 1.74 bits per heavy atom. The molecule has 8 heteroatoms. The summed E-state index contributed by atoms with van der Waals surface area (Å²) >= 11 is 11.9. The van der Waals surface area contributed by atoms with Crippen molar-refractivity contribution in [3.05, 3.63) is 112 Å². The van der Waals surface area contributed by atoms with Gasteiger partial charge >= 0.3 is 0 Å². The van der Waals surface area contributed by atoms with Crippen LogP contribution < -0.4 is 5.32 Å². The van der Waals surface area contributed by atoms with E-state index >= 15 is 0 Å². The number of allylic oxidation sites excluding steroid dienone is 1. The van der Waals surface area contributed by atoms with Gasteiger partial charge in [0.15, 0.2) is 5.11 Å². The van der Waals surface area contributed by atoms with Crippen LogP contribution in [0.15, 0.2) is 89.1 Å². The maximum atomic E-state index is 13.4. The van der Waals surface area contributed by atoms with E-state index in [2.05, 4.69) is 10.5 Å². The number of hydrogen-bond donors (Lipinski definition) is 1. The second kappa shape index (κ2) is 9.37. The Morgan fingerprint density at radius 3 is 2.44 bits per heavy atom. The van der Waals surface area contributed by atoms with Crippen LogP contribution in [-0.2, 0) is 6.54 Å². The first-order valence-corrected chi connectivity index (χ1v) is 11.5. The van der Waals surface area contributed by atoms with Crippen LogP contribution in [0.2, 0.25) is 5.02 Å². The van der Waals surface area contributed by atoms with Gasteiger partial charge in [0, 0.05) is 22.8 Å². The molecule has 1 unspecified atom stereocenters. The lowest BCUT2D eigenvalue weighted by Crippen LogP contribution is -2.45. The van der Waals surface area contributed by atoms with Crippen LogP contribution in [-0.4, -0.2) is 20.2 Å². The predicted molar refractivity (Wildman–Crippen MR) is 134 cm³/mol. The molecule has 0 bridgehead atoms. The van der Waals surface area contributed by atoms with Gasteiger partial charge in [-0.2, -0.15) is 4.98 Å². The van der Waals surface area contributed by atoms with Crippen molar-refractivity contribution in [1.29, 1.82) is 0 Å². The zero-order chi connectivity index (χ0) is 23.7. The number of rotatable bonds is 5. The summed E-state index contributed by atoms with van der Waals surface area (Å²) < 4.78 is 19.2. The SMILES string of the molecule is CC1=C(c2nc(-c3ccccc3)no2)C(c2ccc(Cl)cc2)NC(=S)N1Cc1ccc(F)cc1. The van der Waals surface area contributed by atoms with Crippen molar-refractivity contribution >= 4 is 34.5 Å². The largest absolute Gasteiger partial charge is 0.351 e. The third kappa shape index (κ3) is 4.44. The molecule has 0 saturated carbocycles. The lowest BCUT2D eigenvalue weighted by atomic mass is 9.94. The van der Waals surface area contributed by atoms with Crippen LogP contribution in [0.25, 0.3) is 17.0 Å². The van der Waals surface area contributed by atoms with E-state index in [1.54, 1.807) is 12.1 Å². The minimum Gasteiger partial charge on any atom is -0.351 e. The van der Waals surface area contributed by atoms with Gasteiger partial charge in [0.25, 0.3) is 5.89 Å². The summed E-state index contributed by atoms with van der Waals surface area (Å²) in [4.78, 5) is 6.66. The molecule has 2 heterocycles. The average Bonchev–Trinajstić information content (AvgIpc) is 3.33.